The van der Waals surface area contributed by atoms with Gasteiger partial charge in [-0.05, 0) is 44.0 Å². The van der Waals surface area contributed by atoms with Gasteiger partial charge in [-0.15, -0.1) is 0 Å². The minimum atomic E-state index is -1.00. The summed E-state index contributed by atoms with van der Waals surface area (Å²) < 4.78 is 16.2. The largest absolute Gasteiger partial charge is 0.491 e. The van der Waals surface area contributed by atoms with E-state index in [9.17, 15) is 9.59 Å². The number of hydrogen-bond donors (Lipinski definition) is 2. The van der Waals surface area contributed by atoms with E-state index >= 15 is 0 Å². The Bertz CT molecular complexity index is 582. The summed E-state index contributed by atoms with van der Waals surface area (Å²) in [4.78, 5) is 23.4. The molecule has 1 heterocycles. The first-order valence-electron chi connectivity index (χ1n) is 8.29. The fourth-order valence-corrected chi connectivity index (χ4v) is 2.80. The summed E-state index contributed by atoms with van der Waals surface area (Å²) in [5, 5.41) is 11.7. The molecule has 1 aromatic rings. The lowest BCUT2D eigenvalue weighted by molar-refractivity contribution is -0.139. The first-order valence-corrected chi connectivity index (χ1v) is 8.29. The number of rotatable bonds is 9. The van der Waals surface area contributed by atoms with E-state index in [1.54, 1.807) is 31.2 Å². The van der Waals surface area contributed by atoms with Crippen LogP contribution in [-0.2, 0) is 14.3 Å². The van der Waals surface area contributed by atoms with E-state index in [-0.39, 0.29) is 25.0 Å². The van der Waals surface area contributed by atoms with Gasteiger partial charge in [-0.3, -0.25) is 9.59 Å². The van der Waals surface area contributed by atoms with Gasteiger partial charge in [0.25, 0.3) is 5.91 Å². The number of carboxylic acids is 1. The van der Waals surface area contributed by atoms with Gasteiger partial charge in [-0.2, -0.15) is 0 Å². The molecule has 0 bridgehead atoms. The Morgan fingerprint density at radius 3 is 2.64 bits per heavy atom. The van der Waals surface area contributed by atoms with Crippen molar-refractivity contribution in [2.45, 2.75) is 37.8 Å². The van der Waals surface area contributed by atoms with Gasteiger partial charge in [-0.25, -0.2) is 0 Å². The van der Waals surface area contributed by atoms with Crippen molar-refractivity contribution < 1.29 is 28.9 Å². The van der Waals surface area contributed by atoms with Crippen LogP contribution < -0.4 is 10.1 Å². The Labute approximate surface area is 147 Å². The lowest BCUT2D eigenvalue weighted by Gasteiger charge is -2.28. The molecule has 1 aliphatic rings. The minimum absolute atomic E-state index is 0.105. The molecule has 2 atom stereocenters. The summed E-state index contributed by atoms with van der Waals surface area (Å²) >= 11 is 0. The normalized spacial score (nSPS) is 19.2. The number of ether oxygens (including phenoxy) is 3. The average molecular weight is 351 g/mol. The molecule has 2 unspecified atom stereocenters. The lowest BCUT2D eigenvalue weighted by Crippen LogP contribution is -2.50. The number of hydrogen-bond acceptors (Lipinski definition) is 5. The van der Waals surface area contributed by atoms with Crippen LogP contribution in [0.1, 0.15) is 36.5 Å². The fraction of sp³-hybridized carbons (Fsp3) is 0.556. The maximum atomic E-state index is 12.4. The number of carbonyl (C=O) groups excluding carboxylic acids is 1. The molecule has 2 rings (SSSR count). The summed E-state index contributed by atoms with van der Waals surface area (Å²) in [6.45, 7) is 3.02. The first-order chi connectivity index (χ1) is 11.9. The molecule has 1 saturated heterocycles. The summed E-state index contributed by atoms with van der Waals surface area (Å²) in [5.41, 5.74) is -0.552. The van der Waals surface area contributed by atoms with E-state index in [0.29, 0.717) is 17.9 Å². The molecule has 0 aromatic heterocycles. The number of nitrogens with one attached hydrogen (secondary N) is 1. The zero-order valence-corrected chi connectivity index (χ0v) is 14.6. The highest BCUT2D eigenvalue weighted by Crippen LogP contribution is 2.18. The smallest absolute Gasteiger partial charge is 0.305 e. The molecular formula is C18H25NO6. The Hall–Kier alpha value is -2.12. The van der Waals surface area contributed by atoms with Crippen LogP contribution in [-0.4, -0.2) is 55.6 Å². The van der Waals surface area contributed by atoms with Crippen molar-refractivity contribution in [1.82, 2.24) is 5.32 Å². The standard InChI is InChI=1S/C18H25NO6/c1-18(12-23-2,10-16(20)21)19-17(22)13-5-7-14(8-6-13)25-11-15-4-3-9-24-15/h5-8,15H,3-4,9-12H2,1-2H3,(H,19,22)(H,20,21). The third-order valence-corrected chi connectivity index (χ3v) is 4.00. The van der Waals surface area contributed by atoms with E-state index in [1.165, 1.54) is 7.11 Å². The summed E-state index contributed by atoms with van der Waals surface area (Å²) in [5.74, 6) is -0.693. The molecule has 1 aromatic carbocycles. The van der Waals surface area contributed by atoms with Crippen LogP contribution in [0.15, 0.2) is 24.3 Å². The number of amides is 1. The highest BCUT2D eigenvalue weighted by atomic mass is 16.5. The minimum Gasteiger partial charge on any atom is -0.491 e. The molecule has 7 nitrogen and oxygen atoms in total. The topological polar surface area (TPSA) is 94.1 Å². The second-order valence-electron chi connectivity index (χ2n) is 6.49. The van der Waals surface area contributed by atoms with Crippen LogP contribution in [0.25, 0.3) is 0 Å². The zero-order chi connectivity index (χ0) is 18.3. The van der Waals surface area contributed by atoms with Gasteiger partial charge in [0, 0.05) is 19.3 Å². The van der Waals surface area contributed by atoms with Crippen LogP contribution in [0.3, 0.4) is 0 Å². The maximum absolute atomic E-state index is 12.4. The third kappa shape index (κ3) is 6.03. The summed E-state index contributed by atoms with van der Waals surface area (Å²) in [6.07, 6.45) is 1.97. The number of methoxy groups -OCH3 is 1. The van der Waals surface area contributed by atoms with E-state index in [4.69, 9.17) is 19.3 Å². The molecule has 1 amide bonds. The van der Waals surface area contributed by atoms with Crippen molar-refractivity contribution in [3.8, 4) is 5.75 Å². The molecule has 2 N–H and O–H groups in total. The molecule has 25 heavy (non-hydrogen) atoms. The van der Waals surface area contributed by atoms with Crippen molar-refractivity contribution >= 4 is 11.9 Å². The van der Waals surface area contributed by atoms with Gasteiger partial charge < -0.3 is 24.6 Å². The molecule has 7 heteroatoms. The van der Waals surface area contributed by atoms with Crippen LogP contribution in [0.5, 0.6) is 5.75 Å². The molecule has 138 valence electrons. The molecule has 1 fully saturated rings. The highest BCUT2D eigenvalue weighted by Gasteiger charge is 2.30. The fourth-order valence-electron chi connectivity index (χ4n) is 2.80. The van der Waals surface area contributed by atoms with Crippen LogP contribution in [0.2, 0.25) is 0 Å². The van der Waals surface area contributed by atoms with E-state index in [1.807, 2.05) is 0 Å². The number of benzene rings is 1. The second-order valence-corrected chi connectivity index (χ2v) is 6.49. The highest BCUT2D eigenvalue weighted by molar-refractivity contribution is 5.95. The van der Waals surface area contributed by atoms with Gasteiger partial charge in [0.05, 0.1) is 24.7 Å². The average Bonchev–Trinajstić information content (AvgIpc) is 3.06. The third-order valence-electron chi connectivity index (χ3n) is 4.00. The molecule has 1 aliphatic heterocycles. The monoisotopic (exact) mass is 351 g/mol. The van der Waals surface area contributed by atoms with Crippen molar-refractivity contribution in [1.29, 1.82) is 0 Å². The van der Waals surface area contributed by atoms with Crippen molar-refractivity contribution in [3.63, 3.8) is 0 Å². The predicted molar refractivity (Wildman–Crippen MR) is 90.9 cm³/mol. The van der Waals surface area contributed by atoms with Crippen LogP contribution in [0, 0.1) is 0 Å². The predicted octanol–water partition coefficient (Wildman–Crippen LogP) is 1.85. The van der Waals surface area contributed by atoms with E-state index < -0.39 is 11.5 Å². The molecule has 0 aliphatic carbocycles. The maximum Gasteiger partial charge on any atom is 0.305 e. The number of carbonyl (C=O) groups is 2. The molecule has 0 radical (unpaired) electrons. The Kier molecular flexibility index (Phi) is 6.78. The van der Waals surface area contributed by atoms with Gasteiger partial charge in [0.1, 0.15) is 12.4 Å². The van der Waals surface area contributed by atoms with Gasteiger partial charge in [0.15, 0.2) is 0 Å². The quantitative estimate of drug-likeness (QED) is 0.705. The van der Waals surface area contributed by atoms with Crippen molar-refractivity contribution in [2.75, 3.05) is 26.9 Å². The van der Waals surface area contributed by atoms with Crippen LogP contribution >= 0.6 is 0 Å². The molecular weight excluding hydrogens is 326 g/mol. The van der Waals surface area contributed by atoms with Gasteiger partial charge in [-0.1, -0.05) is 0 Å². The number of aliphatic carboxylic acids is 1. The number of carboxylic acid groups (broad SMARTS) is 1. The second kappa shape index (κ2) is 8.82. The van der Waals surface area contributed by atoms with E-state index in [0.717, 1.165) is 19.4 Å². The van der Waals surface area contributed by atoms with Gasteiger partial charge >= 0.3 is 5.97 Å². The van der Waals surface area contributed by atoms with Crippen molar-refractivity contribution in [2.24, 2.45) is 0 Å². The Morgan fingerprint density at radius 1 is 1.36 bits per heavy atom. The van der Waals surface area contributed by atoms with Gasteiger partial charge in [0.2, 0.25) is 0 Å². The SMILES string of the molecule is COCC(C)(CC(=O)O)NC(=O)c1ccc(OCC2CCCO2)cc1. The van der Waals surface area contributed by atoms with Crippen LogP contribution in [0.4, 0.5) is 0 Å². The first kappa shape index (κ1) is 19.2. The lowest BCUT2D eigenvalue weighted by atomic mass is 9.98. The van der Waals surface area contributed by atoms with E-state index in [2.05, 4.69) is 5.32 Å². The summed E-state index contributed by atoms with van der Waals surface area (Å²) in [7, 11) is 1.46. The van der Waals surface area contributed by atoms with Crippen molar-refractivity contribution in [3.05, 3.63) is 29.8 Å². The zero-order valence-electron chi connectivity index (χ0n) is 14.6. The summed E-state index contributed by atoms with van der Waals surface area (Å²) in [6, 6.07) is 6.73. The molecule has 0 spiro atoms. The Balaban J connectivity index is 1.92. The molecule has 0 saturated carbocycles. The Morgan fingerprint density at radius 2 is 2.08 bits per heavy atom.